The quantitative estimate of drug-likeness (QED) is 0.145. The topological polar surface area (TPSA) is 137 Å². The summed E-state index contributed by atoms with van der Waals surface area (Å²) < 4.78 is 36.8. The Bertz CT molecular complexity index is 1370. The number of hydrogen-bond acceptors (Lipinski definition) is 9. The van der Waals surface area contributed by atoms with E-state index in [0.717, 1.165) is 53.1 Å². The van der Waals surface area contributed by atoms with Crippen LogP contribution >= 0.6 is 11.3 Å². The summed E-state index contributed by atoms with van der Waals surface area (Å²) in [5.41, 5.74) is 2.04. The molecule has 49 heavy (non-hydrogen) atoms. The maximum Gasteiger partial charge on any atom is 0.407 e. The Morgan fingerprint density at radius 2 is 1.63 bits per heavy atom. The lowest BCUT2D eigenvalue weighted by atomic mass is 9.86. The smallest absolute Gasteiger partial charge is 0.407 e. The second-order valence-corrected chi connectivity index (χ2v) is 15.3. The number of rotatable bonds is 20. The van der Waals surface area contributed by atoms with Gasteiger partial charge in [0.1, 0.15) is 24.0 Å². The first-order chi connectivity index (χ1) is 23.1. The molecule has 1 heterocycles. The Morgan fingerprint density at radius 1 is 0.939 bits per heavy atom. The van der Waals surface area contributed by atoms with Crippen molar-refractivity contribution >= 4 is 29.2 Å². The molecule has 1 aromatic heterocycles. The normalized spacial score (nSPS) is 14.5. The van der Waals surface area contributed by atoms with Gasteiger partial charge in [-0.2, -0.15) is 0 Å². The molecule has 0 aliphatic heterocycles. The number of unbranched alkanes of at least 4 members (excludes halogenated alkanes) is 2. The van der Waals surface area contributed by atoms with Crippen molar-refractivity contribution in [3.8, 4) is 16.2 Å². The van der Waals surface area contributed by atoms with E-state index < -0.39 is 34.7 Å². The van der Waals surface area contributed by atoms with Crippen LogP contribution in [0.1, 0.15) is 84.9 Å². The summed E-state index contributed by atoms with van der Waals surface area (Å²) >= 11 is 1.59. The Labute approximate surface area is 294 Å². The fourth-order valence-corrected chi connectivity index (χ4v) is 5.69. The van der Waals surface area contributed by atoms with Gasteiger partial charge in [-0.25, -0.2) is 14.2 Å². The van der Waals surface area contributed by atoms with Crippen molar-refractivity contribution in [2.75, 3.05) is 46.1 Å². The number of nitrogens with one attached hydrogen (secondary N) is 3. The molecule has 1 aliphatic rings. The molecule has 1 aliphatic carbocycles. The van der Waals surface area contributed by atoms with Gasteiger partial charge in [0, 0.05) is 13.1 Å². The molecule has 1 atom stereocenters. The predicted molar refractivity (Wildman–Crippen MR) is 189 cm³/mol. The number of benzene rings is 1. The van der Waals surface area contributed by atoms with Crippen molar-refractivity contribution in [3.63, 3.8) is 0 Å². The Morgan fingerprint density at radius 3 is 2.27 bits per heavy atom. The highest BCUT2D eigenvalue weighted by Gasteiger charge is 2.52. The zero-order chi connectivity index (χ0) is 36.1. The van der Waals surface area contributed by atoms with Crippen LogP contribution in [0, 0.1) is 12.3 Å². The number of alkyl carbamates (subject to hydrolysis) is 1. The molecule has 274 valence electrons. The van der Waals surface area contributed by atoms with Gasteiger partial charge >= 0.3 is 6.09 Å². The van der Waals surface area contributed by atoms with Gasteiger partial charge < -0.3 is 34.9 Å². The second-order valence-electron chi connectivity index (χ2n) is 14.4. The van der Waals surface area contributed by atoms with Crippen LogP contribution in [0.25, 0.3) is 10.4 Å². The second kappa shape index (κ2) is 18.6. The SMILES string of the molecule is Cc1ncsc1-c1ccc(CCCCCNC(=O)C(NC(=O)C2(F)CC2)C(C)(C)C)c(OCCOCCOCCNC(=O)OC(C)(C)C)c1. The Balaban J connectivity index is 1.40. The molecule has 1 saturated carbocycles. The van der Waals surface area contributed by atoms with E-state index in [0.29, 0.717) is 46.1 Å². The number of hydrogen-bond donors (Lipinski definition) is 3. The summed E-state index contributed by atoms with van der Waals surface area (Å²) in [6, 6.07) is 5.44. The van der Waals surface area contributed by atoms with E-state index in [1.165, 1.54) is 0 Å². The van der Waals surface area contributed by atoms with E-state index in [-0.39, 0.29) is 18.7 Å². The van der Waals surface area contributed by atoms with Crippen LogP contribution in [0.15, 0.2) is 23.7 Å². The molecule has 0 saturated heterocycles. The third kappa shape index (κ3) is 14.2. The molecule has 11 nitrogen and oxygen atoms in total. The zero-order valence-electron chi connectivity index (χ0n) is 30.2. The van der Waals surface area contributed by atoms with Crippen molar-refractivity contribution in [2.45, 2.75) is 104 Å². The first-order valence-corrected chi connectivity index (χ1v) is 18.0. The summed E-state index contributed by atoms with van der Waals surface area (Å²) in [7, 11) is 0. The summed E-state index contributed by atoms with van der Waals surface area (Å²) in [6.07, 6.45) is 3.29. The van der Waals surface area contributed by atoms with Gasteiger partial charge in [-0.05, 0) is 82.4 Å². The molecule has 3 rings (SSSR count). The van der Waals surface area contributed by atoms with Gasteiger partial charge in [0.25, 0.3) is 5.91 Å². The number of thiazole rings is 1. The van der Waals surface area contributed by atoms with E-state index in [4.69, 9.17) is 18.9 Å². The number of alkyl halides is 1. The minimum absolute atomic E-state index is 0.208. The molecule has 0 spiro atoms. The molecule has 1 aromatic carbocycles. The van der Waals surface area contributed by atoms with Crippen LogP contribution in [0.3, 0.4) is 0 Å². The minimum Gasteiger partial charge on any atom is -0.491 e. The summed E-state index contributed by atoms with van der Waals surface area (Å²) in [5.74, 6) is -0.185. The molecule has 3 amide bonds. The number of aryl methyl sites for hydroxylation is 2. The molecule has 0 bridgehead atoms. The van der Waals surface area contributed by atoms with Crippen LogP contribution in [0.5, 0.6) is 5.75 Å². The standard InChI is InChI=1S/C36H55FN4O7S/c1-25-29(49-24-40-25)27-13-12-26(28(23-27)47-22-21-46-20-19-45-18-17-39-33(44)48-35(5,6)7)11-9-8-10-16-38-31(42)30(34(2,3)4)41-32(43)36(37)14-15-36/h12-13,23-24,30H,8-11,14-22H2,1-7H3,(H,38,42)(H,39,44)(H,41,43). The molecule has 13 heteroatoms. The number of ether oxygens (including phenoxy) is 4. The Hall–Kier alpha value is -3.29. The van der Waals surface area contributed by atoms with Gasteiger partial charge in [0.2, 0.25) is 5.91 Å². The number of aromatic nitrogens is 1. The van der Waals surface area contributed by atoms with Crippen LogP contribution in [0.4, 0.5) is 9.18 Å². The van der Waals surface area contributed by atoms with Gasteiger partial charge in [-0.1, -0.05) is 39.3 Å². The number of nitrogens with zero attached hydrogens (tertiary/aromatic N) is 1. The third-order valence-electron chi connectivity index (χ3n) is 7.77. The lowest BCUT2D eigenvalue weighted by Crippen LogP contribution is -2.55. The minimum atomic E-state index is -1.82. The van der Waals surface area contributed by atoms with Crippen molar-refractivity contribution < 1.29 is 37.7 Å². The van der Waals surface area contributed by atoms with E-state index in [1.807, 2.05) is 54.0 Å². The van der Waals surface area contributed by atoms with Gasteiger partial charge in [0.05, 0.1) is 42.5 Å². The molecule has 1 fully saturated rings. The van der Waals surface area contributed by atoms with E-state index in [1.54, 1.807) is 11.3 Å². The molecule has 2 aromatic rings. The van der Waals surface area contributed by atoms with Crippen LogP contribution in [-0.2, 0) is 30.2 Å². The summed E-state index contributed by atoms with van der Waals surface area (Å²) in [5, 5.41) is 8.21. The first kappa shape index (κ1) is 40.1. The average Bonchev–Trinajstić information content (AvgIpc) is 3.63. The van der Waals surface area contributed by atoms with E-state index in [2.05, 4.69) is 39.1 Å². The number of halogens is 1. The average molecular weight is 707 g/mol. The highest BCUT2D eigenvalue weighted by Crippen LogP contribution is 2.40. The Kier molecular flexibility index (Phi) is 15.3. The molecular formula is C36H55FN4O7S. The molecule has 1 unspecified atom stereocenters. The van der Waals surface area contributed by atoms with Gasteiger partial charge in [-0.3, -0.25) is 9.59 Å². The maximum atomic E-state index is 14.2. The lowest BCUT2D eigenvalue weighted by Gasteiger charge is -2.30. The van der Waals surface area contributed by atoms with Crippen LogP contribution in [0.2, 0.25) is 0 Å². The van der Waals surface area contributed by atoms with Gasteiger partial charge in [0.15, 0.2) is 5.67 Å². The first-order valence-electron chi connectivity index (χ1n) is 17.2. The van der Waals surface area contributed by atoms with Crippen molar-refractivity contribution in [1.82, 2.24) is 20.9 Å². The van der Waals surface area contributed by atoms with Crippen molar-refractivity contribution in [2.24, 2.45) is 5.41 Å². The number of amides is 3. The monoisotopic (exact) mass is 706 g/mol. The zero-order valence-corrected chi connectivity index (χ0v) is 31.0. The van der Waals surface area contributed by atoms with E-state index >= 15 is 0 Å². The fourth-order valence-electron chi connectivity index (χ4n) is 4.89. The number of carbonyl (C=O) groups excluding carboxylic acids is 3. The third-order valence-corrected chi connectivity index (χ3v) is 8.75. The maximum absolute atomic E-state index is 14.2. The highest BCUT2D eigenvalue weighted by molar-refractivity contribution is 7.13. The van der Waals surface area contributed by atoms with Gasteiger partial charge in [-0.15, -0.1) is 11.3 Å². The molecular weight excluding hydrogens is 651 g/mol. The van der Waals surface area contributed by atoms with Crippen molar-refractivity contribution in [1.29, 1.82) is 0 Å². The van der Waals surface area contributed by atoms with Crippen LogP contribution in [-0.4, -0.2) is 86.3 Å². The molecule has 3 N–H and O–H groups in total. The van der Waals surface area contributed by atoms with Crippen LogP contribution < -0.4 is 20.7 Å². The highest BCUT2D eigenvalue weighted by atomic mass is 32.1. The summed E-state index contributed by atoms with van der Waals surface area (Å²) in [6.45, 7) is 15.7. The summed E-state index contributed by atoms with van der Waals surface area (Å²) in [4.78, 5) is 42.3. The number of carbonyl (C=O) groups is 3. The van der Waals surface area contributed by atoms with E-state index in [9.17, 15) is 18.8 Å². The predicted octanol–water partition coefficient (Wildman–Crippen LogP) is 5.92. The van der Waals surface area contributed by atoms with Crippen molar-refractivity contribution in [3.05, 3.63) is 35.0 Å². The molecule has 0 radical (unpaired) electrons. The largest absolute Gasteiger partial charge is 0.491 e. The lowest BCUT2D eigenvalue weighted by molar-refractivity contribution is -0.134. The fraction of sp³-hybridized carbons (Fsp3) is 0.667.